The maximum atomic E-state index is 10.9. The van der Waals surface area contributed by atoms with E-state index in [2.05, 4.69) is 22.2 Å². The van der Waals surface area contributed by atoms with Crippen molar-refractivity contribution in [2.75, 3.05) is 11.9 Å². The molecule has 6 nitrogen and oxygen atoms in total. The highest BCUT2D eigenvalue weighted by molar-refractivity contribution is 6.28. The van der Waals surface area contributed by atoms with E-state index >= 15 is 0 Å². The molecule has 0 radical (unpaired) electrons. The minimum atomic E-state index is -0.493. The van der Waals surface area contributed by atoms with Gasteiger partial charge in [0.2, 0.25) is 11.1 Å². The van der Waals surface area contributed by atoms with Crippen molar-refractivity contribution in [2.24, 2.45) is 11.8 Å². The monoisotopic (exact) mass is 298 g/mol. The van der Waals surface area contributed by atoms with Gasteiger partial charge in [0.1, 0.15) is 6.20 Å². The highest BCUT2D eigenvalue weighted by Gasteiger charge is 2.22. The van der Waals surface area contributed by atoms with E-state index in [0.717, 1.165) is 25.0 Å². The largest absolute Gasteiger partial charge is 0.364 e. The van der Waals surface area contributed by atoms with Crippen LogP contribution in [0.15, 0.2) is 6.20 Å². The maximum Gasteiger partial charge on any atom is 0.329 e. The number of halogens is 1. The fourth-order valence-corrected chi connectivity index (χ4v) is 2.84. The first kappa shape index (κ1) is 15.0. The minimum Gasteiger partial charge on any atom is -0.364 e. The van der Waals surface area contributed by atoms with E-state index < -0.39 is 4.92 Å². The van der Waals surface area contributed by atoms with Crippen LogP contribution in [0, 0.1) is 22.0 Å². The maximum absolute atomic E-state index is 10.9. The Morgan fingerprint density at radius 2 is 2.05 bits per heavy atom. The zero-order chi connectivity index (χ0) is 14.5. The third-order valence-corrected chi connectivity index (χ3v) is 4.22. The van der Waals surface area contributed by atoms with Gasteiger partial charge in [0.05, 0.1) is 4.92 Å². The quantitative estimate of drug-likeness (QED) is 0.509. The van der Waals surface area contributed by atoms with Crippen LogP contribution in [0.2, 0.25) is 5.28 Å². The zero-order valence-electron chi connectivity index (χ0n) is 11.5. The predicted octanol–water partition coefficient (Wildman–Crippen LogP) is 3.67. The second-order valence-electron chi connectivity index (χ2n) is 5.31. The average Bonchev–Trinajstić information content (AvgIpc) is 2.45. The van der Waals surface area contributed by atoms with E-state index in [1.165, 1.54) is 19.3 Å². The highest BCUT2D eigenvalue weighted by Crippen LogP contribution is 2.31. The molecule has 1 aromatic heterocycles. The number of hydrogen-bond donors (Lipinski definition) is 1. The van der Waals surface area contributed by atoms with E-state index in [0.29, 0.717) is 12.5 Å². The van der Waals surface area contributed by atoms with Crippen molar-refractivity contribution >= 4 is 23.1 Å². The summed E-state index contributed by atoms with van der Waals surface area (Å²) in [5.74, 6) is 1.60. The lowest BCUT2D eigenvalue weighted by molar-refractivity contribution is -0.384. The van der Waals surface area contributed by atoms with Crippen molar-refractivity contribution in [3.63, 3.8) is 0 Å². The predicted molar refractivity (Wildman–Crippen MR) is 77.9 cm³/mol. The Hall–Kier alpha value is -1.43. The summed E-state index contributed by atoms with van der Waals surface area (Å²) in [5, 5.41) is 14.0. The summed E-state index contributed by atoms with van der Waals surface area (Å²) in [4.78, 5) is 18.0. The second-order valence-corrected chi connectivity index (χ2v) is 5.64. The number of nitrogens with one attached hydrogen (secondary N) is 1. The third-order valence-electron chi connectivity index (χ3n) is 4.04. The number of anilines is 1. The smallest absolute Gasteiger partial charge is 0.329 e. The summed E-state index contributed by atoms with van der Waals surface area (Å²) in [5.41, 5.74) is -0.128. The van der Waals surface area contributed by atoms with Crippen LogP contribution in [0.5, 0.6) is 0 Å². The van der Waals surface area contributed by atoms with E-state index in [1.54, 1.807) is 0 Å². The number of nitro groups is 1. The second kappa shape index (κ2) is 6.83. The Morgan fingerprint density at radius 3 is 2.65 bits per heavy atom. The molecule has 0 saturated heterocycles. The highest BCUT2D eigenvalue weighted by atomic mass is 35.5. The molecule has 0 bridgehead atoms. The lowest BCUT2D eigenvalue weighted by Gasteiger charge is -2.27. The number of nitrogens with zero attached hydrogens (tertiary/aromatic N) is 3. The van der Waals surface area contributed by atoms with Crippen molar-refractivity contribution < 1.29 is 4.92 Å². The molecule has 1 saturated carbocycles. The molecule has 0 aromatic carbocycles. The topological polar surface area (TPSA) is 81.0 Å². The molecule has 1 aromatic rings. The van der Waals surface area contributed by atoms with Crippen molar-refractivity contribution in [1.82, 2.24) is 9.97 Å². The molecule has 1 aliphatic carbocycles. The molecule has 1 N–H and O–H groups in total. The average molecular weight is 299 g/mol. The molecule has 0 aliphatic heterocycles. The van der Waals surface area contributed by atoms with Crippen LogP contribution >= 0.6 is 11.6 Å². The van der Waals surface area contributed by atoms with E-state index in [4.69, 9.17) is 11.6 Å². The molecular weight excluding hydrogens is 280 g/mol. The van der Waals surface area contributed by atoms with Gasteiger partial charge in [0.25, 0.3) is 0 Å². The van der Waals surface area contributed by atoms with Crippen molar-refractivity contribution in [3.05, 3.63) is 21.6 Å². The first-order valence-electron chi connectivity index (χ1n) is 7.01. The van der Waals surface area contributed by atoms with Crippen LogP contribution in [-0.2, 0) is 0 Å². The van der Waals surface area contributed by atoms with Crippen molar-refractivity contribution in [1.29, 1.82) is 0 Å². The van der Waals surface area contributed by atoms with Gasteiger partial charge in [-0.1, -0.05) is 26.2 Å². The van der Waals surface area contributed by atoms with Gasteiger partial charge in [-0.3, -0.25) is 10.1 Å². The summed E-state index contributed by atoms with van der Waals surface area (Å²) in [6.45, 7) is 2.93. The lowest BCUT2D eigenvalue weighted by Crippen LogP contribution is -2.21. The lowest BCUT2D eigenvalue weighted by atomic mass is 9.81. The van der Waals surface area contributed by atoms with Crippen LogP contribution in [0.3, 0.4) is 0 Å². The first-order valence-corrected chi connectivity index (χ1v) is 7.38. The van der Waals surface area contributed by atoms with Gasteiger partial charge < -0.3 is 5.32 Å². The van der Waals surface area contributed by atoms with Crippen LogP contribution in [0.1, 0.15) is 39.0 Å². The molecule has 0 atom stereocenters. The molecule has 0 unspecified atom stereocenters. The molecule has 7 heteroatoms. The van der Waals surface area contributed by atoms with Gasteiger partial charge in [-0.2, -0.15) is 4.98 Å². The first-order chi connectivity index (χ1) is 9.60. The molecule has 0 spiro atoms. The Labute approximate surface area is 123 Å². The van der Waals surface area contributed by atoms with Crippen molar-refractivity contribution in [2.45, 2.75) is 39.0 Å². The SMILES string of the molecule is CCC1CCC(CNc2nc(Cl)ncc2[N+](=O)[O-])CC1. The van der Waals surface area contributed by atoms with Crippen LogP contribution in [0.25, 0.3) is 0 Å². The van der Waals surface area contributed by atoms with E-state index in [1.807, 2.05) is 0 Å². The van der Waals surface area contributed by atoms with Gasteiger partial charge in [-0.05, 0) is 36.3 Å². The standard InChI is InChI=1S/C13H19ClN4O2/c1-2-9-3-5-10(6-4-9)7-15-12-11(18(19)20)8-16-13(14)17-12/h8-10H,2-7H2,1H3,(H,15,16,17). The Bertz CT molecular complexity index is 475. The molecule has 1 aliphatic rings. The Kier molecular flexibility index (Phi) is 5.11. The fourth-order valence-electron chi connectivity index (χ4n) is 2.70. The van der Waals surface area contributed by atoms with Gasteiger partial charge in [0, 0.05) is 6.54 Å². The van der Waals surface area contributed by atoms with Gasteiger partial charge in [-0.15, -0.1) is 0 Å². The normalized spacial score (nSPS) is 22.5. The van der Waals surface area contributed by atoms with E-state index in [-0.39, 0.29) is 16.8 Å². The van der Waals surface area contributed by atoms with Gasteiger partial charge in [-0.25, -0.2) is 4.98 Å². The molecule has 1 heterocycles. The molecule has 0 amide bonds. The van der Waals surface area contributed by atoms with Gasteiger partial charge in [0.15, 0.2) is 0 Å². The summed E-state index contributed by atoms with van der Waals surface area (Å²) < 4.78 is 0. The third kappa shape index (κ3) is 3.79. The zero-order valence-corrected chi connectivity index (χ0v) is 12.3. The molecule has 110 valence electrons. The fraction of sp³-hybridized carbons (Fsp3) is 0.692. The molecule has 20 heavy (non-hydrogen) atoms. The number of aromatic nitrogens is 2. The molecular formula is C13H19ClN4O2. The Balaban J connectivity index is 1.94. The summed E-state index contributed by atoms with van der Waals surface area (Å²) in [7, 11) is 0. The molecule has 2 rings (SSSR count). The number of hydrogen-bond acceptors (Lipinski definition) is 5. The van der Waals surface area contributed by atoms with Crippen LogP contribution < -0.4 is 5.32 Å². The summed E-state index contributed by atoms with van der Waals surface area (Å²) >= 11 is 5.70. The molecule has 1 fully saturated rings. The van der Waals surface area contributed by atoms with Crippen LogP contribution in [-0.4, -0.2) is 21.4 Å². The summed E-state index contributed by atoms with van der Waals surface area (Å²) in [6, 6.07) is 0. The van der Waals surface area contributed by atoms with Crippen molar-refractivity contribution in [3.8, 4) is 0 Å². The Morgan fingerprint density at radius 1 is 1.40 bits per heavy atom. The summed E-state index contributed by atoms with van der Waals surface area (Å²) in [6.07, 6.45) is 7.21. The number of rotatable bonds is 5. The minimum absolute atomic E-state index is 0.0211. The van der Waals surface area contributed by atoms with E-state index in [9.17, 15) is 10.1 Å². The van der Waals surface area contributed by atoms with Gasteiger partial charge >= 0.3 is 5.69 Å². The van der Waals surface area contributed by atoms with Crippen LogP contribution in [0.4, 0.5) is 11.5 Å².